The second-order valence-electron chi connectivity index (χ2n) is 4.91. The molecule has 1 saturated carbocycles. The summed E-state index contributed by atoms with van der Waals surface area (Å²) in [4.78, 5) is 10.9. The number of aliphatic hydroxyl groups excluding tert-OH is 2. The molecule has 4 heteroatoms. The molecule has 18 heavy (non-hydrogen) atoms. The molecule has 0 bridgehead atoms. The van der Waals surface area contributed by atoms with Gasteiger partial charge in [0.25, 0.3) is 0 Å². The van der Waals surface area contributed by atoms with Crippen molar-refractivity contribution in [3.05, 3.63) is 35.4 Å². The number of aliphatic carboxylic acids is 1. The average molecular weight is 250 g/mol. The Kier molecular flexibility index (Phi) is 3.99. The fourth-order valence-electron chi connectivity index (χ4n) is 2.31. The molecular weight excluding hydrogens is 232 g/mol. The van der Waals surface area contributed by atoms with Crippen LogP contribution in [0.25, 0.3) is 0 Å². The minimum Gasteiger partial charge on any atom is -0.481 e. The van der Waals surface area contributed by atoms with Crippen molar-refractivity contribution < 1.29 is 20.1 Å². The Morgan fingerprint density at radius 2 is 1.78 bits per heavy atom. The van der Waals surface area contributed by atoms with Crippen molar-refractivity contribution in [1.82, 2.24) is 0 Å². The van der Waals surface area contributed by atoms with Crippen LogP contribution in [0, 0.1) is 5.92 Å². The summed E-state index contributed by atoms with van der Waals surface area (Å²) in [6, 6.07) is 7.24. The molecule has 2 unspecified atom stereocenters. The van der Waals surface area contributed by atoms with Gasteiger partial charge < -0.3 is 15.3 Å². The van der Waals surface area contributed by atoms with Crippen LogP contribution in [0.15, 0.2) is 24.3 Å². The van der Waals surface area contributed by atoms with Crippen LogP contribution in [0.5, 0.6) is 0 Å². The highest BCUT2D eigenvalue weighted by atomic mass is 16.4. The second-order valence-corrected chi connectivity index (χ2v) is 4.91. The quantitative estimate of drug-likeness (QED) is 0.718. The lowest BCUT2D eigenvalue weighted by Gasteiger charge is -2.15. The maximum absolute atomic E-state index is 10.9. The van der Waals surface area contributed by atoms with E-state index in [2.05, 4.69) is 0 Å². The van der Waals surface area contributed by atoms with Crippen LogP contribution in [0.2, 0.25) is 0 Å². The number of carboxylic acid groups (broad SMARTS) is 1. The van der Waals surface area contributed by atoms with Gasteiger partial charge in [0.05, 0.1) is 13.0 Å². The number of hydrogen-bond acceptors (Lipinski definition) is 3. The first-order valence-corrected chi connectivity index (χ1v) is 6.22. The van der Waals surface area contributed by atoms with E-state index in [1.807, 2.05) is 12.1 Å². The summed E-state index contributed by atoms with van der Waals surface area (Å²) in [6.07, 6.45) is 1.49. The first-order chi connectivity index (χ1) is 8.61. The maximum Gasteiger partial charge on any atom is 0.303 e. The molecule has 0 aliphatic heterocycles. The third-order valence-electron chi connectivity index (χ3n) is 3.51. The van der Waals surface area contributed by atoms with E-state index in [1.165, 1.54) is 0 Å². The standard InChI is InChI=1S/C14H18O4/c15-8-13(16)11-5-3-10(4-6-11)12(7-14(17)18)9-1-2-9/h3-6,9,12-13,15-16H,1-2,7-8H2,(H,17,18). The lowest BCUT2D eigenvalue weighted by Crippen LogP contribution is -2.09. The van der Waals surface area contributed by atoms with E-state index >= 15 is 0 Å². The van der Waals surface area contributed by atoms with Crippen molar-refractivity contribution in [2.75, 3.05) is 6.61 Å². The Bertz CT molecular complexity index is 408. The summed E-state index contributed by atoms with van der Waals surface area (Å²) in [7, 11) is 0. The normalized spacial score (nSPS) is 18.3. The third-order valence-corrected chi connectivity index (χ3v) is 3.51. The van der Waals surface area contributed by atoms with Gasteiger partial charge in [-0.15, -0.1) is 0 Å². The fraction of sp³-hybridized carbons (Fsp3) is 0.500. The van der Waals surface area contributed by atoms with Crippen LogP contribution in [-0.2, 0) is 4.79 Å². The monoisotopic (exact) mass is 250 g/mol. The zero-order valence-electron chi connectivity index (χ0n) is 10.1. The molecule has 1 aromatic carbocycles. The summed E-state index contributed by atoms with van der Waals surface area (Å²) >= 11 is 0. The molecule has 1 fully saturated rings. The van der Waals surface area contributed by atoms with Gasteiger partial charge in [-0.2, -0.15) is 0 Å². The van der Waals surface area contributed by atoms with Crippen molar-refractivity contribution >= 4 is 5.97 Å². The Hall–Kier alpha value is -1.39. The molecule has 1 aromatic rings. The second kappa shape index (κ2) is 5.50. The third kappa shape index (κ3) is 3.09. The van der Waals surface area contributed by atoms with Gasteiger partial charge in [-0.3, -0.25) is 4.79 Å². The summed E-state index contributed by atoms with van der Waals surface area (Å²) < 4.78 is 0. The number of carboxylic acids is 1. The van der Waals surface area contributed by atoms with Crippen LogP contribution in [0.3, 0.4) is 0 Å². The Morgan fingerprint density at radius 3 is 2.22 bits per heavy atom. The minimum atomic E-state index is -0.863. The van der Waals surface area contributed by atoms with Crippen LogP contribution in [0.4, 0.5) is 0 Å². The van der Waals surface area contributed by atoms with Gasteiger partial charge >= 0.3 is 5.97 Å². The average Bonchev–Trinajstić information content (AvgIpc) is 3.19. The van der Waals surface area contributed by atoms with E-state index in [1.54, 1.807) is 12.1 Å². The molecule has 4 nitrogen and oxygen atoms in total. The van der Waals surface area contributed by atoms with Crippen molar-refractivity contribution in [1.29, 1.82) is 0 Å². The van der Waals surface area contributed by atoms with E-state index in [0.717, 1.165) is 18.4 Å². The molecule has 2 rings (SSSR count). The number of benzene rings is 1. The van der Waals surface area contributed by atoms with Gasteiger partial charge in [0, 0.05) is 0 Å². The van der Waals surface area contributed by atoms with E-state index < -0.39 is 12.1 Å². The summed E-state index contributed by atoms with van der Waals surface area (Å²) in [6.45, 7) is -0.305. The molecule has 3 N–H and O–H groups in total. The van der Waals surface area contributed by atoms with Crippen LogP contribution >= 0.6 is 0 Å². The van der Waals surface area contributed by atoms with E-state index in [4.69, 9.17) is 10.2 Å². The molecule has 98 valence electrons. The first kappa shape index (κ1) is 13.1. The highest BCUT2D eigenvalue weighted by molar-refractivity contribution is 5.68. The Balaban J connectivity index is 2.13. The molecule has 0 aromatic heterocycles. The highest BCUT2D eigenvalue weighted by Gasteiger charge is 2.33. The van der Waals surface area contributed by atoms with E-state index in [0.29, 0.717) is 11.5 Å². The first-order valence-electron chi connectivity index (χ1n) is 6.22. The predicted octanol–water partition coefficient (Wildman–Crippen LogP) is 1.68. The topological polar surface area (TPSA) is 77.8 Å². The Labute approximate surface area is 106 Å². The molecule has 1 aliphatic carbocycles. The van der Waals surface area contributed by atoms with Crippen molar-refractivity contribution in [2.45, 2.75) is 31.3 Å². The van der Waals surface area contributed by atoms with Gasteiger partial charge in [-0.05, 0) is 35.8 Å². The van der Waals surface area contributed by atoms with Crippen LogP contribution in [0.1, 0.15) is 42.4 Å². The molecule has 0 heterocycles. The van der Waals surface area contributed by atoms with Crippen LogP contribution < -0.4 is 0 Å². The SMILES string of the molecule is O=C(O)CC(c1ccc(C(O)CO)cc1)C1CC1. The molecule has 2 atom stereocenters. The minimum absolute atomic E-state index is 0.0721. The lowest BCUT2D eigenvalue weighted by atomic mass is 9.90. The number of rotatable bonds is 6. The van der Waals surface area contributed by atoms with E-state index in [9.17, 15) is 9.90 Å². The summed E-state index contributed by atoms with van der Waals surface area (Å²) in [5, 5.41) is 27.3. The maximum atomic E-state index is 10.9. The molecule has 0 saturated heterocycles. The summed E-state index contributed by atoms with van der Waals surface area (Å²) in [5.74, 6) is -0.219. The highest BCUT2D eigenvalue weighted by Crippen LogP contribution is 2.44. The predicted molar refractivity (Wildman–Crippen MR) is 66.2 cm³/mol. The molecule has 1 aliphatic rings. The smallest absolute Gasteiger partial charge is 0.303 e. The largest absolute Gasteiger partial charge is 0.481 e. The van der Waals surface area contributed by atoms with Gasteiger partial charge in [-0.1, -0.05) is 24.3 Å². The zero-order valence-corrected chi connectivity index (χ0v) is 10.1. The Morgan fingerprint density at radius 1 is 1.22 bits per heavy atom. The van der Waals surface area contributed by atoms with Gasteiger partial charge in [0.15, 0.2) is 0 Å². The van der Waals surface area contributed by atoms with Crippen molar-refractivity contribution in [3.8, 4) is 0 Å². The summed E-state index contributed by atoms with van der Waals surface area (Å²) in [5.41, 5.74) is 1.67. The molecule has 0 radical (unpaired) electrons. The van der Waals surface area contributed by atoms with Crippen molar-refractivity contribution in [2.24, 2.45) is 5.92 Å². The number of hydrogen-bond donors (Lipinski definition) is 3. The van der Waals surface area contributed by atoms with Crippen LogP contribution in [-0.4, -0.2) is 27.9 Å². The van der Waals surface area contributed by atoms with Gasteiger partial charge in [0.2, 0.25) is 0 Å². The van der Waals surface area contributed by atoms with E-state index in [-0.39, 0.29) is 18.9 Å². The fourth-order valence-corrected chi connectivity index (χ4v) is 2.31. The number of carbonyl (C=O) groups is 1. The molecule has 0 amide bonds. The zero-order chi connectivity index (χ0) is 13.1. The van der Waals surface area contributed by atoms with Gasteiger partial charge in [-0.25, -0.2) is 0 Å². The molecule has 0 spiro atoms. The number of aliphatic hydroxyl groups is 2. The molecular formula is C14H18O4. The lowest BCUT2D eigenvalue weighted by molar-refractivity contribution is -0.137. The van der Waals surface area contributed by atoms with Crippen molar-refractivity contribution in [3.63, 3.8) is 0 Å². The van der Waals surface area contributed by atoms with Gasteiger partial charge in [0.1, 0.15) is 6.10 Å².